The van der Waals surface area contributed by atoms with Crippen molar-refractivity contribution in [3.8, 4) is 16.9 Å². The predicted molar refractivity (Wildman–Crippen MR) is 97.0 cm³/mol. The van der Waals surface area contributed by atoms with Crippen molar-refractivity contribution in [2.24, 2.45) is 0 Å². The van der Waals surface area contributed by atoms with Crippen LogP contribution in [-0.4, -0.2) is 41.0 Å². The van der Waals surface area contributed by atoms with E-state index in [9.17, 15) is 5.11 Å². The van der Waals surface area contributed by atoms with Gasteiger partial charge < -0.3 is 14.9 Å². The lowest BCUT2D eigenvalue weighted by atomic mass is 10.1. The van der Waals surface area contributed by atoms with Crippen LogP contribution in [0.4, 0.5) is 0 Å². The van der Waals surface area contributed by atoms with Crippen molar-refractivity contribution in [3.05, 3.63) is 54.6 Å². The molecule has 124 valence electrons. The first-order chi connectivity index (χ1) is 11.3. The van der Waals surface area contributed by atoms with Crippen LogP contribution in [0.25, 0.3) is 11.1 Å². The average molecular weight is 332 g/mol. The van der Waals surface area contributed by atoms with E-state index in [0.29, 0.717) is 13.0 Å². The second-order valence-corrected chi connectivity index (χ2v) is 6.66. The third kappa shape index (κ3) is 5.90. The maximum atomic E-state index is 9.19. The molecule has 23 heavy (non-hydrogen) atoms. The van der Waals surface area contributed by atoms with E-state index in [1.807, 2.05) is 36.4 Å². The molecule has 2 aromatic carbocycles. The zero-order valence-electron chi connectivity index (χ0n) is 13.2. The molecule has 0 spiro atoms. The van der Waals surface area contributed by atoms with Gasteiger partial charge in [-0.05, 0) is 30.2 Å². The molecular weight excluding hydrogens is 308 g/mol. The molecule has 0 fully saturated rings. The molecule has 0 aliphatic heterocycles. The van der Waals surface area contributed by atoms with Gasteiger partial charge >= 0.3 is 0 Å². The van der Waals surface area contributed by atoms with Crippen molar-refractivity contribution in [2.75, 3.05) is 25.6 Å². The van der Waals surface area contributed by atoms with Crippen LogP contribution >= 0.6 is 11.8 Å². The van der Waals surface area contributed by atoms with Gasteiger partial charge in [0.15, 0.2) is 0 Å². The Labute approximate surface area is 142 Å². The van der Waals surface area contributed by atoms with Gasteiger partial charge in [0.25, 0.3) is 0 Å². The first kappa shape index (κ1) is 17.9. The summed E-state index contributed by atoms with van der Waals surface area (Å²) >= 11 is 1.69. The standard InChI is InChI=1S/C19H24O3S/c20-12-11-17(15-21)23-14-6-13-22-19-10-5-4-9-18(19)16-7-2-1-3-8-16/h1-5,7-10,17,20-21H,6,11-15H2/t17-/m0/s1. The molecule has 4 heteroatoms. The van der Waals surface area contributed by atoms with E-state index in [0.717, 1.165) is 29.1 Å². The van der Waals surface area contributed by atoms with E-state index < -0.39 is 0 Å². The fourth-order valence-corrected chi connectivity index (χ4v) is 3.31. The molecule has 0 amide bonds. The lowest BCUT2D eigenvalue weighted by Gasteiger charge is -2.14. The molecule has 0 radical (unpaired) electrons. The van der Waals surface area contributed by atoms with Crippen LogP contribution < -0.4 is 4.74 Å². The van der Waals surface area contributed by atoms with Crippen molar-refractivity contribution in [3.63, 3.8) is 0 Å². The first-order valence-electron chi connectivity index (χ1n) is 7.95. The number of benzene rings is 2. The van der Waals surface area contributed by atoms with Gasteiger partial charge in [-0.3, -0.25) is 0 Å². The summed E-state index contributed by atoms with van der Waals surface area (Å²) in [6, 6.07) is 18.3. The maximum absolute atomic E-state index is 9.19. The fourth-order valence-electron chi connectivity index (χ4n) is 2.31. The smallest absolute Gasteiger partial charge is 0.127 e. The van der Waals surface area contributed by atoms with Crippen LogP contribution in [0, 0.1) is 0 Å². The highest BCUT2D eigenvalue weighted by Crippen LogP contribution is 2.29. The predicted octanol–water partition coefficient (Wildman–Crippen LogP) is 3.60. The van der Waals surface area contributed by atoms with E-state index >= 15 is 0 Å². The Morgan fingerprint density at radius 2 is 1.70 bits per heavy atom. The van der Waals surface area contributed by atoms with Crippen molar-refractivity contribution in [1.82, 2.24) is 0 Å². The van der Waals surface area contributed by atoms with Gasteiger partial charge in [-0.1, -0.05) is 48.5 Å². The summed E-state index contributed by atoms with van der Waals surface area (Å²) in [4.78, 5) is 0. The van der Waals surface area contributed by atoms with Crippen LogP contribution in [0.2, 0.25) is 0 Å². The number of hydrogen-bond acceptors (Lipinski definition) is 4. The van der Waals surface area contributed by atoms with E-state index in [1.165, 1.54) is 0 Å². The monoisotopic (exact) mass is 332 g/mol. The molecule has 0 aliphatic carbocycles. The first-order valence-corrected chi connectivity index (χ1v) is 9.00. The van der Waals surface area contributed by atoms with E-state index in [4.69, 9.17) is 9.84 Å². The molecule has 0 saturated carbocycles. The van der Waals surface area contributed by atoms with Gasteiger partial charge in [0, 0.05) is 17.4 Å². The minimum absolute atomic E-state index is 0.114. The number of hydrogen-bond donors (Lipinski definition) is 2. The number of ether oxygens (including phenoxy) is 1. The van der Waals surface area contributed by atoms with Crippen LogP contribution in [-0.2, 0) is 0 Å². The summed E-state index contributed by atoms with van der Waals surface area (Å²) in [6.07, 6.45) is 1.55. The Balaban J connectivity index is 1.83. The number of rotatable bonds is 10. The molecule has 0 heterocycles. The average Bonchev–Trinajstić information content (AvgIpc) is 2.61. The van der Waals surface area contributed by atoms with E-state index in [2.05, 4.69) is 18.2 Å². The van der Waals surface area contributed by atoms with Gasteiger partial charge in [-0.15, -0.1) is 0 Å². The van der Waals surface area contributed by atoms with Gasteiger partial charge in [0.1, 0.15) is 5.75 Å². The number of para-hydroxylation sites is 1. The van der Waals surface area contributed by atoms with Crippen LogP contribution in [0.3, 0.4) is 0 Å². The topological polar surface area (TPSA) is 49.7 Å². The molecule has 0 bridgehead atoms. The fraction of sp³-hybridized carbons (Fsp3) is 0.368. The molecule has 3 nitrogen and oxygen atoms in total. The molecule has 0 unspecified atom stereocenters. The molecule has 2 rings (SSSR count). The summed E-state index contributed by atoms with van der Waals surface area (Å²) in [5.74, 6) is 1.82. The maximum Gasteiger partial charge on any atom is 0.127 e. The normalized spacial score (nSPS) is 12.1. The van der Waals surface area contributed by atoms with Crippen molar-refractivity contribution < 1.29 is 14.9 Å². The van der Waals surface area contributed by atoms with Crippen molar-refractivity contribution in [1.29, 1.82) is 0 Å². The number of thioether (sulfide) groups is 1. The molecule has 2 aromatic rings. The molecule has 1 atom stereocenters. The molecule has 0 aromatic heterocycles. The molecule has 2 N–H and O–H groups in total. The second kappa shape index (κ2) is 10.3. The Morgan fingerprint density at radius 1 is 0.957 bits per heavy atom. The minimum Gasteiger partial charge on any atom is -0.493 e. The highest BCUT2D eigenvalue weighted by molar-refractivity contribution is 7.99. The summed E-state index contributed by atoms with van der Waals surface area (Å²) in [7, 11) is 0. The summed E-state index contributed by atoms with van der Waals surface area (Å²) in [5, 5.41) is 18.2. The third-order valence-electron chi connectivity index (χ3n) is 3.53. The molecular formula is C19H24O3S. The Bertz CT molecular complexity index is 560. The van der Waals surface area contributed by atoms with Crippen LogP contribution in [0.5, 0.6) is 5.75 Å². The zero-order valence-corrected chi connectivity index (χ0v) is 14.0. The Hall–Kier alpha value is -1.49. The quantitative estimate of drug-likeness (QED) is 0.653. The van der Waals surface area contributed by atoms with E-state index in [1.54, 1.807) is 11.8 Å². The lowest BCUT2D eigenvalue weighted by molar-refractivity contribution is 0.247. The Kier molecular flexibility index (Phi) is 8.01. The highest BCUT2D eigenvalue weighted by atomic mass is 32.2. The Morgan fingerprint density at radius 3 is 2.43 bits per heavy atom. The summed E-state index contributed by atoms with van der Waals surface area (Å²) in [5.41, 5.74) is 2.26. The zero-order chi connectivity index (χ0) is 16.3. The van der Waals surface area contributed by atoms with E-state index in [-0.39, 0.29) is 18.5 Å². The lowest BCUT2D eigenvalue weighted by Crippen LogP contribution is -2.12. The second-order valence-electron chi connectivity index (χ2n) is 5.25. The third-order valence-corrected chi connectivity index (χ3v) is 4.91. The van der Waals surface area contributed by atoms with Gasteiger partial charge in [-0.2, -0.15) is 11.8 Å². The van der Waals surface area contributed by atoms with Gasteiger partial charge in [-0.25, -0.2) is 0 Å². The number of aliphatic hydroxyl groups excluding tert-OH is 2. The summed E-state index contributed by atoms with van der Waals surface area (Å²) in [6.45, 7) is 0.885. The van der Waals surface area contributed by atoms with Crippen LogP contribution in [0.1, 0.15) is 12.8 Å². The van der Waals surface area contributed by atoms with Gasteiger partial charge in [0.05, 0.1) is 13.2 Å². The summed E-state index contributed by atoms with van der Waals surface area (Å²) < 4.78 is 5.94. The van der Waals surface area contributed by atoms with Crippen molar-refractivity contribution >= 4 is 11.8 Å². The molecule has 0 saturated heterocycles. The SMILES string of the molecule is OCC[C@@H](CO)SCCCOc1ccccc1-c1ccccc1. The van der Waals surface area contributed by atoms with Crippen LogP contribution in [0.15, 0.2) is 54.6 Å². The minimum atomic E-state index is 0.114. The molecule has 0 aliphatic rings. The van der Waals surface area contributed by atoms with Crippen molar-refractivity contribution in [2.45, 2.75) is 18.1 Å². The van der Waals surface area contributed by atoms with Gasteiger partial charge in [0.2, 0.25) is 0 Å². The number of aliphatic hydroxyl groups is 2. The largest absolute Gasteiger partial charge is 0.493 e. The highest BCUT2D eigenvalue weighted by Gasteiger charge is 2.08.